The second kappa shape index (κ2) is 7.06. The maximum absolute atomic E-state index is 11.8. The van der Waals surface area contributed by atoms with E-state index in [9.17, 15) is 19.8 Å². The molecule has 13 heteroatoms. The van der Waals surface area contributed by atoms with Gasteiger partial charge in [-0.15, -0.1) is 0 Å². The third-order valence-electron chi connectivity index (χ3n) is 3.50. The summed E-state index contributed by atoms with van der Waals surface area (Å²) in [7, 11) is 0. The van der Waals surface area contributed by atoms with Crippen LogP contribution in [0.2, 0.25) is 10.6 Å². The smallest absolute Gasteiger partial charge is 0.330 e. The fourth-order valence-corrected chi connectivity index (χ4v) is 2.72. The highest BCUT2D eigenvalue weighted by Crippen LogP contribution is 2.28. The number of halogens is 2. The lowest BCUT2D eigenvalue weighted by molar-refractivity contribution is -0.0363. The largest absolute Gasteiger partial charge is 0.387 e. The number of rotatable bonds is 4. The van der Waals surface area contributed by atoms with Gasteiger partial charge in [-0.05, 0) is 23.2 Å². The van der Waals surface area contributed by atoms with Crippen molar-refractivity contribution in [2.24, 2.45) is 0 Å². The molecule has 0 spiro atoms. The highest BCUT2D eigenvalue weighted by molar-refractivity contribution is 6.31. The average Bonchev–Trinajstić information content (AvgIpc) is 2.80. The maximum atomic E-state index is 11.8. The number of anilines is 1. The Balaban J connectivity index is 1.73. The van der Waals surface area contributed by atoms with Crippen LogP contribution in [0.4, 0.5) is 5.95 Å². The number of H-pyrrole nitrogens is 1. The summed E-state index contributed by atoms with van der Waals surface area (Å²) in [6.07, 6.45) is -3.58. The standard InChI is InChI=1S/C12H12Cl2N6O5/c13-9-17-10(14)19-11(18-9)15-3-4-6(22)7(23)8(25-4)20-2-1-5(21)16-12(20)24/h1-2,4,6-8,22-23H,3H2,(H,16,21,24)(H,15,17,18,19)/t4-,6-,7-,8-/m1/s1. The molecule has 1 fully saturated rings. The molecule has 2 aromatic heterocycles. The van der Waals surface area contributed by atoms with Gasteiger partial charge in [-0.3, -0.25) is 14.3 Å². The topological polar surface area (TPSA) is 155 Å². The molecule has 3 rings (SSSR count). The Kier molecular flexibility index (Phi) is 5.01. The molecule has 1 aliphatic rings. The van der Waals surface area contributed by atoms with Gasteiger partial charge in [0.25, 0.3) is 5.56 Å². The number of aliphatic hydroxyl groups is 2. The van der Waals surface area contributed by atoms with Gasteiger partial charge in [-0.2, -0.15) is 15.0 Å². The van der Waals surface area contributed by atoms with E-state index in [1.807, 2.05) is 4.98 Å². The van der Waals surface area contributed by atoms with Gasteiger partial charge >= 0.3 is 5.69 Å². The van der Waals surface area contributed by atoms with Crippen molar-refractivity contribution in [2.75, 3.05) is 11.9 Å². The quantitative estimate of drug-likeness (QED) is 0.501. The van der Waals surface area contributed by atoms with Crippen LogP contribution in [-0.4, -0.2) is 59.6 Å². The third-order valence-corrected chi connectivity index (χ3v) is 3.84. The summed E-state index contributed by atoms with van der Waals surface area (Å²) in [6, 6.07) is 1.10. The van der Waals surface area contributed by atoms with Crippen molar-refractivity contribution < 1.29 is 14.9 Å². The van der Waals surface area contributed by atoms with Crippen molar-refractivity contribution in [3.05, 3.63) is 43.7 Å². The lowest BCUT2D eigenvalue weighted by atomic mass is 10.1. The third kappa shape index (κ3) is 3.80. The maximum Gasteiger partial charge on any atom is 0.330 e. The number of ether oxygens (including phenoxy) is 1. The predicted molar refractivity (Wildman–Crippen MR) is 85.6 cm³/mol. The first-order valence-corrected chi connectivity index (χ1v) is 7.75. The molecular weight excluding hydrogens is 379 g/mol. The van der Waals surface area contributed by atoms with Crippen LogP contribution in [0.25, 0.3) is 0 Å². The summed E-state index contributed by atoms with van der Waals surface area (Å²) < 4.78 is 6.49. The van der Waals surface area contributed by atoms with Crippen LogP contribution in [0.5, 0.6) is 0 Å². The SMILES string of the molecule is O=c1ccn([C@@H]2O[C@H](CNc3nc(Cl)nc(Cl)n3)[C@@H](O)[C@H]2O)c(=O)[nH]1. The van der Waals surface area contributed by atoms with Crippen molar-refractivity contribution >= 4 is 29.2 Å². The van der Waals surface area contributed by atoms with Crippen LogP contribution in [-0.2, 0) is 4.74 Å². The number of nitrogens with one attached hydrogen (secondary N) is 2. The summed E-state index contributed by atoms with van der Waals surface area (Å²) in [5.41, 5.74) is -1.36. The first-order valence-electron chi connectivity index (χ1n) is 6.99. The average molecular weight is 391 g/mol. The number of hydrogen-bond acceptors (Lipinski definition) is 9. The van der Waals surface area contributed by atoms with Crippen molar-refractivity contribution in [2.45, 2.75) is 24.5 Å². The summed E-state index contributed by atoms with van der Waals surface area (Å²) in [6.45, 7) is -0.0104. The van der Waals surface area contributed by atoms with Crippen LogP contribution in [0.15, 0.2) is 21.9 Å². The Labute approximate surface area is 149 Å². The number of nitrogens with zero attached hydrogens (tertiary/aromatic N) is 4. The Morgan fingerprint density at radius 2 is 1.88 bits per heavy atom. The molecule has 4 atom stereocenters. The highest BCUT2D eigenvalue weighted by atomic mass is 35.5. The van der Waals surface area contributed by atoms with Gasteiger partial charge in [0.15, 0.2) is 6.23 Å². The first-order chi connectivity index (χ1) is 11.8. The Morgan fingerprint density at radius 1 is 1.20 bits per heavy atom. The number of hydrogen-bond donors (Lipinski definition) is 4. The minimum atomic E-state index is -1.39. The van der Waals surface area contributed by atoms with Crippen LogP contribution in [0.1, 0.15) is 6.23 Å². The van der Waals surface area contributed by atoms with Crippen molar-refractivity contribution in [3.8, 4) is 0 Å². The molecule has 0 aliphatic carbocycles. The Hall–Kier alpha value is -2.05. The predicted octanol–water partition coefficient (Wildman–Crippen LogP) is -1.24. The number of aliphatic hydroxyl groups excluding tert-OH is 2. The second-order valence-electron chi connectivity index (χ2n) is 5.14. The van der Waals surface area contributed by atoms with Gasteiger partial charge in [-0.1, -0.05) is 0 Å². The minimum Gasteiger partial charge on any atom is -0.387 e. The van der Waals surface area contributed by atoms with E-state index < -0.39 is 35.8 Å². The summed E-state index contributed by atoms with van der Waals surface area (Å²) in [5.74, 6) is 0.0555. The van der Waals surface area contributed by atoms with Crippen LogP contribution < -0.4 is 16.6 Å². The van der Waals surface area contributed by atoms with E-state index >= 15 is 0 Å². The number of aromatic amines is 1. The summed E-state index contributed by atoms with van der Waals surface area (Å²) in [4.78, 5) is 36.1. The van der Waals surface area contributed by atoms with E-state index in [0.717, 1.165) is 10.6 Å². The zero-order chi connectivity index (χ0) is 18.1. The molecule has 4 N–H and O–H groups in total. The van der Waals surface area contributed by atoms with E-state index in [0.29, 0.717) is 0 Å². The normalized spacial score (nSPS) is 25.9. The Morgan fingerprint density at radius 3 is 2.52 bits per heavy atom. The van der Waals surface area contributed by atoms with E-state index in [2.05, 4.69) is 20.3 Å². The molecule has 2 aromatic rings. The molecule has 0 radical (unpaired) electrons. The lowest BCUT2D eigenvalue weighted by Gasteiger charge is -2.16. The molecule has 0 amide bonds. The van der Waals surface area contributed by atoms with Crippen LogP contribution in [0.3, 0.4) is 0 Å². The molecule has 0 unspecified atom stereocenters. The lowest BCUT2D eigenvalue weighted by Crippen LogP contribution is -2.38. The highest BCUT2D eigenvalue weighted by Gasteiger charge is 2.44. The molecule has 11 nitrogen and oxygen atoms in total. The van der Waals surface area contributed by atoms with E-state index in [4.69, 9.17) is 27.9 Å². The minimum absolute atomic E-state index is 0.0104. The van der Waals surface area contributed by atoms with E-state index in [1.54, 1.807) is 0 Å². The fraction of sp³-hybridized carbons (Fsp3) is 0.417. The zero-order valence-corrected chi connectivity index (χ0v) is 13.8. The van der Waals surface area contributed by atoms with E-state index in [1.165, 1.54) is 6.20 Å². The van der Waals surface area contributed by atoms with Crippen molar-refractivity contribution in [1.29, 1.82) is 0 Å². The molecule has 0 aromatic carbocycles. The van der Waals surface area contributed by atoms with Crippen LogP contribution in [0, 0.1) is 0 Å². The Bertz CT molecular complexity index is 869. The molecule has 0 bridgehead atoms. The van der Waals surface area contributed by atoms with Gasteiger partial charge in [0.05, 0.1) is 0 Å². The molecule has 25 heavy (non-hydrogen) atoms. The van der Waals surface area contributed by atoms with Crippen molar-refractivity contribution in [1.82, 2.24) is 24.5 Å². The van der Waals surface area contributed by atoms with Gasteiger partial charge < -0.3 is 20.3 Å². The molecule has 134 valence electrons. The molecule has 3 heterocycles. The number of aromatic nitrogens is 5. The molecular formula is C12H12Cl2N6O5. The first kappa shape index (κ1) is 17.8. The molecule has 0 saturated carbocycles. The molecule has 1 saturated heterocycles. The van der Waals surface area contributed by atoms with Gasteiger partial charge in [-0.25, -0.2) is 4.79 Å². The summed E-state index contributed by atoms with van der Waals surface area (Å²) >= 11 is 11.3. The van der Waals surface area contributed by atoms with Gasteiger partial charge in [0, 0.05) is 18.8 Å². The fourth-order valence-electron chi connectivity index (χ4n) is 2.35. The monoisotopic (exact) mass is 390 g/mol. The molecule has 1 aliphatic heterocycles. The van der Waals surface area contributed by atoms with Gasteiger partial charge in [0.1, 0.15) is 18.3 Å². The second-order valence-corrected chi connectivity index (χ2v) is 5.82. The van der Waals surface area contributed by atoms with Crippen LogP contribution >= 0.6 is 23.2 Å². The van der Waals surface area contributed by atoms with Crippen molar-refractivity contribution in [3.63, 3.8) is 0 Å². The van der Waals surface area contributed by atoms with E-state index in [-0.39, 0.29) is 23.1 Å². The van der Waals surface area contributed by atoms with Gasteiger partial charge in [0.2, 0.25) is 16.5 Å². The zero-order valence-electron chi connectivity index (χ0n) is 12.3. The summed E-state index contributed by atoms with van der Waals surface area (Å²) in [5, 5.41) is 22.7.